The fourth-order valence-corrected chi connectivity index (χ4v) is 4.72. The molecule has 1 aromatic heterocycles. The van der Waals surface area contributed by atoms with E-state index in [1.54, 1.807) is 27.8 Å². The van der Waals surface area contributed by atoms with Crippen LogP contribution in [0.15, 0.2) is 29.2 Å². The van der Waals surface area contributed by atoms with Crippen LogP contribution in [0.25, 0.3) is 0 Å². The lowest BCUT2D eigenvalue weighted by Crippen LogP contribution is -2.51. The van der Waals surface area contributed by atoms with Crippen molar-refractivity contribution in [3.8, 4) is 0 Å². The maximum Gasteiger partial charge on any atom is 0.412 e. The van der Waals surface area contributed by atoms with Gasteiger partial charge in [-0.1, -0.05) is 38.2 Å². The van der Waals surface area contributed by atoms with Crippen LogP contribution in [0, 0.1) is 5.92 Å². The predicted molar refractivity (Wildman–Crippen MR) is 113 cm³/mol. The van der Waals surface area contributed by atoms with Gasteiger partial charge in [-0.05, 0) is 53.0 Å². The predicted octanol–water partition coefficient (Wildman–Crippen LogP) is 4.56. The van der Waals surface area contributed by atoms with E-state index in [-0.39, 0.29) is 23.8 Å². The first-order chi connectivity index (χ1) is 13.6. The van der Waals surface area contributed by atoms with Crippen LogP contribution in [0.1, 0.15) is 73.1 Å². The highest BCUT2D eigenvalue weighted by atomic mass is 16.6. The van der Waals surface area contributed by atoms with Crippen molar-refractivity contribution in [2.24, 2.45) is 5.92 Å². The Morgan fingerprint density at radius 3 is 2.52 bits per heavy atom. The van der Waals surface area contributed by atoms with Gasteiger partial charge in [-0.3, -0.25) is 9.69 Å². The Labute approximate surface area is 174 Å². The minimum absolute atomic E-state index is 0.0546. The second kappa shape index (κ2) is 8.50. The number of amides is 1. The summed E-state index contributed by atoms with van der Waals surface area (Å²) in [6.07, 6.45) is 8.25. The standard InChI is InChI=1S/C23H36N2O4/c1-22(2,3)29-21(27)25-18(15-17-11-7-6-8-12-17)19(28-23(25,4)5)16-24-14-10-9-13-20(24)26/h9-10,13-14,17-19H,6-8,11-12,15-16H2,1-5H3/t18-,19-/m0/s1. The van der Waals surface area contributed by atoms with E-state index in [1.807, 2.05) is 40.7 Å². The van der Waals surface area contributed by atoms with Crippen molar-refractivity contribution in [1.82, 2.24) is 9.47 Å². The molecule has 0 bridgehead atoms. The maximum atomic E-state index is 13.1. The van der Waals surface area contributed by atoms with Gasteiger partial charge in [0.05, 0.1) is 18.7 Å². The number of nitrogens with zero attached hydrogens (tertiary/aromatic N) is 2. The van der Waals surface area contributed by atoms with E-state index in [2.05, 4.69) is 0 Å². The van der Waals surface area contributed by atoms with E-state index >= 15 is 0 Å². The van der Waals surface area contributed by atoms with Crippen molar-refractivity contribution in [2.45, 2.75) is 103 Å². The molecular formula is C23H36N2O4. The molecule has 0 radical (unpaired) electrons. The zero-order valence-corrected chi connectivity index (χ0v) is 18.5. The first-order valence-corrected chi connectivity index (χ1v) is 10.9. The monoisotopic (exact) mass is 404 g/mol. The summed E-state index contributed by atoms with van der Waals surface area (Å²) < 4.78 is 13.8. The third kappa shape index (κ3) is 5.41. The highest BCUT2D eigenvalue weighted by Crippen LogP contribution is 2.39. The van der Waals surface area contributed by atoms with Gasteiger partial charge in [0.25, 0.3) is 5.56 Å². The number of hydrogen-bond acceptors (Lipinski definition) is 4. The van der Waals surface area contributed by atoms with Crippen molar-refractivity contribution in [1.29, 1.82) is 0 Å². The van der Waals surface area contributed by atoms with Crippen molar-refractivity contribution in [3.05, 3.63) is 34.7 Å². The molecule has 1 aromatic rings. The molecule has 2 heterocycles. The molecule has 2 aliphatic rings. The summed E-state index contributed by atoms with van der Waals surface area (Å²) in [5.41, 5.74) is -1.41. The summed E-state index contributed by atoms with van der Waals surface area (Å²) >= 11 is 0. The van der Waals surface area contributed by atoms with Crippen molar-refractivity contribution in [2.75, 3.05) is 0 Å². The number of rotatable bonds is 4. The molecule has 2 fully saturated rings. The molecule has 1 saturated heterocycles. The Hall–Kier alpha value is -1.82. The summed E-state index contributed by atoms with van der Waals surface area (Å²) in [6.45, 7) is 9.90. The Bertz CT molecular complexity index is 759. The zero-order chi connectivity index (χ0) is 21.2. The molecular weight excluding hydrogens is 368 g/mol. The lowest BCUT2D eigenvalue weighted by Gasteiger charge is -2.36. The average Bonchev–Trinajstić information content (AvgIpc) is 2.86. The van der Waals surface area contributed by atoms with Gasteiger partial charge in [0.1, 0.15) is 11.3 Å². The highest BCUT2D eigenvalue weighted by Gasteiger charge is 2.51. The van der Waals surface area contributed by atoms with Crippen molar-refractivity contribution < 1.29 is 14.3 Å². The Kier molecular flexibility index (Phi) is 6.42. The highest BCUT2D eigenvalue weighted by molar-refractivity contribution is 5.70. The van der Waals surface area contributed by atoms with Crippen LogP contribution in [-0.2, 0) is 16.0 Å². The lowest BCUT2D eigenvalue weighted by atomic mass is 9.83. The molecule has 29 heavy (non-hydrogen) atoms. The molecule has 1 aliphatic carbocycles. The van der Waals surface area contributed by atoms with Gasteiger partial charge in [-0.25, -0.2) is 4.79 Å². The van der Waals surface area contributed by atoms with Crippen LogP contribution in [-0.4, -0.2) is 39.0 Å². The summed E-state index contributed by atoms with van der Waals surface area (Å²) in [7, 11) is 0. The van der Waals surface area contributed by atoms with E-state index in [4.69, 9.17) is 9.47 Å². The van der Waals surface area contributed by atoms with E-state index in [9.17, 15) is 9.59 Å². The fraction of sp³-hybridized carbons (Fsp3) is 0.739. The SMILES string of the molecule is CC(C)(C)OC(=O)N1[C@@H](CC2CCCCC2)[C@H](Cn2ccccc2=O)OC1(C)C. The van der Waals surface area contributed by atoms with Gasteiger partial charge < -0.3 is 14.0 Å². The Morgan fingerprint density at radius 1 is 1.21 bits per heavy atom. The third-order valence-corrected chi connectivity index (χ3v) is 5.95. The van der Waals surface area contributed by atoms with Crippen LogP contribution in [0.3, 0.4) is 0 Å². The van der Waals surface area contributed by atoms with E-state index < -0.39 is 11.3 Å². The molecule has 0 spiro atoms. The first-order valence-electron chi connectivity index (χ1n) is 10.9. The van der Waals surface area contributed by atoms with Crippen LogP contribution >= 0.6 is 0 Å². The Balaban J connectivity index is 1.88. The van der Waals surface area contributed by atoms with Crippen LogP contribution in [0.5, 0.6) is 0 Å². The summed E-state index contributed by atoms with van der Waals surface area (Å²) in [5.74, 6) is 0.575. The first kappa shape index (κ1) is 21.9. The topological polar surface area (TPSA) is 60.8 Å². The molecule has 162 valence electrons. The molecule has 6 nitrogen and oxygen atoms in total. The van der Waals surface area contributed by atoms with Crippen LogP contribution < -0.4 is 5.56 Å². The van der Waals surface area contributed by atoms with Crippen LogP contribution in [0.4, 0.5) is 4.79 Å². The normalized spacial score (nSPS) is 25.2. The number of aromatic nitrogens is 1. The minimum Gasteiger partial charge on any atom is -0.444 e. The number of pyridine rings is 1. The smallest absolute Gasteiger partial charge is 0.412 e. The molecule has 2 atom stereocenters. The molecule has 1 saturated carbocycles. The largest absolute Gasteiger partial charge is 0.444 e. The summed E-state index contributed by atoms with van der Waals surface area (Å²) in [6, 6.07) is 5.03. The second-order valence-electron chi connectivity index (χ2n) is 9.95. The molecule has 0 unspecified atom stereocenters. The fourth-order valence-electron chi connectivity index (χ4n) is 4.72. The number of ether oxygens (including phenoxy) is 2. The lowest BCUT2D eigenvalue weighted by molar-refractivity contribution is -0.0813. The van der Waals surface area contributed by atoms with Crippen molar-refractivity contribution in [3.63, 3.8) is 0 Å². The van der Waals surface area contributed by atoms with Gasteiger partial charge in [0.15, 0.2) is 0 Å². The molecule has 3 rings (SSSR count). The van der Waals surface area contributed by atoms with Crippen LogP contribution in [0.2, 0.25) is 0 Å². The summed E-state index contributed by atoms with van der Waals surface area (Å²) in [4.78, 5) is 27.2. The van der Waals surface area contributed by atoms with Crippen molar-refractivity contribution >= 4 is 6.09 Å². The van der Waals surface area contributed by atoms with Gasteiger partial charge >= 0.3 is 6.09 Å². The van der Waals surface area contributed by atoms with E-state index in [0.29, 0.717) is 12.5 Å². The number of hydrogen-bond donors (Lipinski definition) is 0. The van der Waals surface area contributed by atoms with Gasteiger partial charge in [0, 0.05) is 12.3 Å². The average molecular weight is 405 g/mol. The second-order valence-corrected chi connectivity index (χ2v) is 9.95. The number of carbonyl (C=O) groups is 1. The maximum absolute atomic E-state index is 13.1. The van der Waals surface area contributed by atoms with E-state index in [0.717, 1.165) is 6.42 Å². The quantitative estimate of drug-likeness (QED) is 0.738. The van der Waals surface area contributed by atoms with E-state index in [1.165, 1.54) is 32.1 Å². The summed E-state index contributed by atoms with van der Waals surface area (Å²) in [5, 5.41) is 0. The third-order valence-electron chi connectivity index (χ3n) is 5.95. The molecule has 1 aliphatic heterocycles. The molecule has 0 N–H and O–H groups in total. The molecule has 6 heteroatoms. The van der Waals surface area contributed by atoms with Gasteiger partial charge in [0.2, 0.25) is 0 Å². The molecule has 1 amide bonds. The molecule has 0 aromatic carbocycles. The number of carbonyl (C=O) groups excluding carboxylic acids is 1. The van der Waals surface area contributed by atoms with Gasteiger partial charge in [-0.15, -0.1) is 0 Å². The van der Waals surface area contributed by atoms with Gasteiger partial charge in [-0.2, -0.15) is 0 Å². The minimum atomic E-state index is -0.787. The zero-order valence-electron chi connectivity index (χ0n) is 18.5. The Morgan fingerprint density at radius 2 is 1.90 bits per heavy atom.